The Labute approximate surface area is 160 Å². The summed E-state index contributed by atoms with van der Waals surface area (Å²) in [5.41, 5.74) is 2.90. The Bertz CT molecular complexity index is 785. The van der Waals surface area contributed by atoms with Crippen LogP contribution < -0.4 is 14.8 Å². The highest BCUT2D eigenvalue weighted by Crippen LogP contribution is 2.19. The molecule has 6 heteroatoms. The number of amides is 2. The standard InChI is InChI=1S/C21H26N2O4/c1-15-5-10-19(16(2)13-15)26-12-11-20(24)22-17-6-8-18(9-7-17)27-14-21(25)23(3)4/h5-10,13H,11-12,14H2,1-4H3,(H,22,24). The molecule has 2 amide bonds. The maximum absolute atomic E-state index is 12.0. The van der Waals surface area contributed by atoms with Gasteiger partial charge in [-0.1, -0.05) is 17.7 Å². The fourth-order valence-electron chi connectivity index (χ4n) is 2.35. The van der Waals surface area contributed by atoms with Crippen LogP contribution in [0.1, 0.15) is 17.5 Å². The van der Waals surface area contributed by atoms with Crippen LogP contribution in [0.3, 0.4) is 0 Å². The van der Waals surface area contributed by atoms with Gasteiger partial charge in [-0.25, -0.2) is 0 Å². The molecule has 0 spiro atoms. The van der Waals surface area contributed by atoms with E-state index in [0.717, 1.165) is 11.3 Å². The molecule has 6 nitrogen and oxygen atoms in total. The van der Waals surface area contributed by atoms with Gasteiger partial charge in [-0.2, -0.15) is 0 Å². The van der Waals surface area contributed by atoms with Crippen LogP contribution in [0.15, 0.2) is 42.5 Å². The second-order valence-electron chi connectivity index (χ2n) is 6.52. The maximum Gasteiger partial charge on any atom is 0.259 e. The topological polar surface area (TPSA) is 67.9 Å². The maximum atomic E-state index is 12.0. The number of likely N-dealkylation sites (N-methyl/N-ethyl adjacent to an activating group) is 1. The second kappa shape index (κ2) is 9.62. The first kappa shape index (κ1) is 20.3. The second-order valence-corrected chi connectivity index (χ2v) is 6.52. The van der Waals surface area contributed by atoms with Crippen molar-refractivity contribution in [2.24, 2.45) is 0 Å². The average Bonchev–Trinajstić information content (AvgIpc) is 2.62. The number of aryl methyl sites for hydroxylation is 2. The zero-order valence-corrected chi connectivity index (χ0v) is 16.2. The number of nitrogens with one attached hydrogen (secondary N) is 1. The van der Waals surface area contributed by atoms with Gasteiger partial charge in [0, 0.05) is 19.8 Å². The molecule has 2 rings (SSSR count). The first-order valence-corrected chi connectivity index (χ1v) is 8.78. The summed E-state index contributed by atoms with van der Waals surface area (Å²) in [5, 5.41) is 2.81. The fraction of sp³-hybridized carbons (Fsp3) is 0.333. The van der Waals surface area contributed by atoms with Crippen LogP contribution in [-0.2, 0) is 9.59 Å². The van der Waals surface area contributed by atoms with Crippen LogP contribution in [0.25, 0.3) is 0 Å². The van der Waals surface area contributed by atoms with E-state index in [4.69, 9.17) is 9.47 Å². The molecule has 2 aromatic rings. The van der Waals surface area contributed by atoms with Crippen molar-refractivity contribution in [3.63, 3.8) is 0 Å². The number of hydrogen-bond acceptors (Lipinski definition) is 4. The average molecular weight is 370 g/mol. The van der Waals surface area contributed by atoms with Gasteiger partial charge in [-0.3, -0.25) is 9.59 Å². The molecule has 144 valence electrons. The summed E-state index contributed by atoms with van der Waals surface area (Å²) in [5.74, 6) is 1.12. The minimum absolute atomic E-state index is 0.0194. The molecule has 2 aromatic carbocycles. The summed E-state index contributed by atoms with van der Waals surface area (Å²) in [6.07, 6.45) is 0.253. The molecule has 0 aliphatic rings. The van der Waals surface area contributed by atoms with E-state index < -0.39 is 0 Å². The van der Waals surface area contributed by atoms with Gasteiger partial charge >= 0.3 is 0 Å². The van der Waals surface area contributed by atoms with Crippen LogP contribution in [0, 0.1) is 13.8 Å². The van der Waals surface area contributed by atoms with E-state index in [0.29, 0.717) is 18.0 Å². The van der Waals surface area contributed by atoms with Gasteiger partial charge in [0.05, 0.1) is 13.0 Å². The Hall–Kier alpha value is -3.02. The molecular weight excluding hydrogens is 344 g/mol. The predicted octanol–water partition coefficient (Wildman–Crippen LogP) is 3.18. The van der Waals surface area contributed by atoms with E-state index >= 15 is 0 Å². The molecule has 0 fully saturated rings. The first-order valence-electron chi connectivity index (χ1n) is 8.78. The Morgan fingerprint density at radius 3 is 2.33 bits per heavy atom. The lowest BCUT2D eigenvalue weighted by Gasteiger charge is -2.12. The first-order chi connectivity index (χ1) is 12.8. The Balaban J connectivity index is 1.76. The van der Waals surface area contributed by atoms with Gasteiger partial charge in [0.15, 0.2) is 6.61 Å². The van der Waals surface area contributed by atoms with Crippen molar-refractivity contribution in [2.45, 2.75) is 20.3 Å². The van der Waals surface area contributed by atoms with E-state index in [1.807, 2.05) is 32.0 Å². The number of ether oxygens (including phenoxy) is 2. The van der Waals surface area contributed by atoms with Crippen LogP contribution >= 0.6 is 0 Å². The van der Waals surface area contributed by atoms with Crippen molar-refractivity contribution in [3.8, 4) is 11.5 Å². The number of hydrogen-bond donors (Lipinski definition) is 1. The monoisotopic (exact) mass is 370 g/mol. The van der Waals surface area contributed by atoms with Gasteiger partial charge in [-0.05, 0) is 49.7 Å². The summed E-state index contributed by atoms with van der Waals surface area (Å²) in [6.45, 7) is 4.30. The van der Waals surface area contributed by atoms with Crippen LogP contribution in [0.2, 0.25) is 0 Å². The largest absolute Gasteiger partial charge is 0.493 e. The lowest BCUT2D eigenvalue weighted by molar-refractivity contribution is -0.130. The minimum Gasteiger partial charge on any atom is -0.493 e. The van der Waals surface area contributed by atoms with E-state index in [1.54, 1.807) is 38.4 Å². The number of nitrogens with zero attached hydrogens (tertiary/aromatic N) is 1. The lowest BCUT2D eigenvalue weighted by Crippen LogP contribution is -2.27. The zero-order chi connectivity index (χ0) is 19.8. The van der Waals surface area contributed by atoms with Crippen LogP contribution in [0.5, 0.6) is 11.5 Å². The summed E-state index contributed by atoms with van der Waals surface area (Å²) < 4.78 is 11.1. The molecular formula is C21H26N2O4. The van der Waals surface area contributed by atoms with Gasteiger partial charge in [-0.15, -0.1) is 0 Å². The molecule has 0 aliphatic heterocycles. The minimum atomic E-state index is -0.129. The summed E-state index contributed by atoms with van der Waals surface area (Å²) >= 11 is 0. The van der Waals surface area contributed by atoms with Crippen LogP contribution in [-0.4, -0.2) is 44.0 Å². The van der Waals surface area contributed by atoms with Crippen molar-refractivity contribution in [1.82, 2.24) is 4.90 Å². The summed E-state index contributed by atoms with van der Waals surface area (Å²) in [4.78, 5) is 25.0. The van der Waals surface area contributed by atoms with Gasteiger partial charge in [0.25, 0.3) is 5.91 Å². The molecule has 0 atom stereocenters. The quantitative estimate of drug-likeness (QED) is 0.775. The molecule has 0 aliphatic carbocycles. The summed E-state index contributed by atoms with van der Waals surface area (Å²) in [6, 6.07) is 12.8. The number of carbonyl (C=O) groups excluding carboxylic acids is 2. The molecule has 0 aromatic heterocycles. The molecule has 1 N–H and O–H groups in total. The number of benzene rings is 2. The van der Waals surface area contributed by atoms with Crippen LogP contribution in [0.4, 0.5) is 5.69 Å². The molecule has 27 heavy (non-hydrogen) atoms. The zero-order valence-electron chi connectivity index (χ0n) is 16.2. The van der Waals surface area contributed by atoms with Crippen molar-refractivity contribution in [1.29, 1.82) is 0 Å². The van der Waals surface area contributed by atoms with Crippen molar-refractivity contribution in [3.05, 3.63) is 53.6 Å². The Morgan fingerprint density at radius 2 is 1.70 bits per heavy atom. The smallest absolute Gasteiger partial charge is 0.259 e. The molecule has 0 radical (unpaired) electrons. The van der Waals surface area contributed by atoms with Crippen molar-refractivity contribution in [2.75, 3.05) is 32.6 Å². The number of carbonyl (C=O) groups is 2. The van der Waals surface area contributed by atoms with E-state index in [2.05, 4.69) is 5.32 Å². The van der Waals surface area contributed by atoms with E-state index in [-0.39, 0.29) is 24.8 Å². The number of rotatable bonds is 8. The van der Waals surface area contributed by atoms with Gasteiger partial charge < -0.3 is 19.7 Å². The Morgan fingerprint density at radius 1 is 1.00 bits per heavy atom. The van der Waals surface area contributed by atoms with Crippen molar-refractivity contribution < 1.29 is 19.1 Å². The third-order valence-corrected chi connectivity index (χ3v) is 3.92. The SMILES string of the molecule is Cc1ccc(OCCC(=O)Nc2ccc(OCC(=O)N(C)C)cc2)c(C)c1. The molecule has 0 saturated carbocycles. The highest BCUT2D eigenvalue weighted by molar-refractivity contribution is 5.90. The highest BCUT2D eigenvalue weighted by Gasteiger charge is 2.07. The fourth-order valence-corrected chi connectivity index (χ4v) is 2.35. The molecule has 0 bridgehead atoms. The van der Waals surface area contributed by atoms with Crippen molar-refractivity contribution >= 4 is 17.5 Å². The van der Waals surface area contributed by atoms with Gasteiger partial charge in [0.2, 0.25) is 5.91 Å². The highest BCUT2D eigenvalue weighted by atomic mass is 16.5. The molecule has 0 unspecified atom stereocenters. The van der Waals surface area contributed by atoms with E-state index in [9.17, 15) is 9.59 Å². The predicted molar refractivity (Wildman–Crippen MR) is 105 cm³/mol. The molecule has 0 saturated heterocycles. The molecule has 0 heterocycles. The third kappa shape index (κ3) is 6.66. The van der Waals surface area contributed by atoms with Gasteiger partial charge in [0.1, 0.15) is 11.5 Å². The normalized spacial score (nSPS) is 10.2. The number of anilines is 1. The lowest BCUT2D eigenvalue weighted by atomic mass is 10.1. The third-order valence-electron chi connectivity index (χ3n) is 3.92. The van der Waals surface area contributed by atoms with E-state index in [1.165, 1.54) is 10.5 Å². The Kier molecular flexibility index (Phi) is 7.23. The summed E-state index contributed by atoms with van der Waals surface area (Å²) in [7, 11) is 3.35.